The van der Waals surface area contributed by atoms with Gasteiger partial charge in [0.25, 0.3) is 0 Å². The van der Waals surface area contributed by atoms with Gasteiger partial charge < -0.3 is 20.8 Å². The van der Waals surface area contributed by atoms with Gasteiger partial charge in [-0.1, -0.05) is 52.3 Å². The topological polar surface area (TPSA) is 98.7 Å². The summed E-state index contributed by atoms with van der Waals surface area (Å²) in [6, 6.07) is 7.57. The number of nitrogens with one attached hydrogen (secondary N) is 2. The van der Waals surface area contributed by atoms with E-state index in [9.17, 15) is 14.7 Å². The lowest BCUT2D eigenvalue weighted by Crippen LogP contribution is -2.63. The molecule has 6 rings (SSSR count). The summed E-state index contributed by atoms with van der Waals surface area (Å²) in [6.07, 6.45) is 15.8. The average Bonchev–Trinajstić information content (AvgIpc) is 3.39. The van der Waals surface area contributed by atoms with E-state index in [4.69, 9.17) is 5.11 Å². The van der Waals surface area contributed by atoms with Gasteiger partial charge in [0, 0.05) is 25.2 Å². The normalized spacial score (nSPS) is 39.5. The first-order valence-corrected chi connectivity index (χ1v) is 17.1. The Morgan fingerprint density at radius 3 is 2.30 bits per heavy atom. The molecular weight excluding hydrogens is 536 g/mol. The predicted octanol–water partition coefficient (Wildman–Crippen LogP) is 7.25. The Hall–Kier alpha value is -2.18. The van der Waals surface area contributed by atoms with Crippen LogP contribution in [0.5, 0.6) is 0 Å². The predicted molar refractivity (Wildman–Crippen MR) is 171 cm³/mol. The van der Waals surface area contributed by atoms with Crippen molar-refractivity contribution in [1.82, 2.24) is 10.6 Å². The van der Waals surface area contributed by atoms with Gasteiger partial charge in [0.2, 0.25) is 0 Å². The summed E-state index contributed by atoms with van der Waals surface area (Å²) < 4.78 is 0. The van der Waals surface area contributed by atoms with Crippen LogP contribution in [0.25, 0.3) is 5.57 Å². The van der Waals surface area contributed by atoms with Crippen molar-refractivity contribution in [1.29, 1.82) is 0 Å². The minimum absolute atomic E-state index is 0.0471. The lowest BCUT2D eigenvalue weighted by atomic mass is 9.37. The van der Waals surface area contributed by atoms with E-state index in [1.54, 1.807) is 12.1 Å². The van der Waals surface area contributed by atoms with E-state index in [1.807, 2.05) is 12.1 Å². The number of hydrogen-bond donors (Lipinski definition) is 4. The van der Waals surface area contributed by atoms with Crippen LogP contribution in [0.4, 0.5) is 0 Å². The van der Waals surface area contributed by atoms with Crippen LogP contribution in [-0.4, -0.2) is 47.3 Å². The first-order valence-electron chi connectivity index (χ1n) is 17.1. The number of benzene rings is 1. The molecule has 4 fully saturated rings. The standard InChI is InChI=1S/C37H54N2O4/c1-34(2)27(24-7-9-25(10-8-24)33(42)43)13-18-36(4)30(34)15-19-35(3)28-14-20-37(39-23-22-38-21-16-32(40)41)17-5-6-29(37)26(28)11-12-31(35)36/h7-10,13,26,28-31,38-39H,5-6,11-12,14-23H2,1-4H3,(H,40,41)(H,42,43)/t26-,28?,29?,30?,31?,35?,36-,37-/m0/s1. The Kier molecular flexibility index (Phi) is 8.11. The molecule has 8 atom stereocenters. The largest absolute Gasteiger partial charge is 0.481 e. The number of fused-ring (bicyclic) bond motifs is 7. The summed E-state index contributed by atoms with van der Waals surface area (Å²) in [5, 5.41) is 25.7. The smallest absolute Gasteiger partial charge is 0.335 e. The highest BCUT2D eigenvalue weighted by molar-refractivity contribution is 5.88. The molecule has 0 bridgehead atoms. The molecule has 236 valence electrons. The number of allylic oxidation sites excluding steroid dienone is 2. The highest BCUT2D eigenvalue weighted by atomic mass is 16.4. The maximum absolute atomic E-state index is 11.5. The summed E-state index contributed by atoms with van der Waals surface area (Å²) in [7, 11) is 0. The lowest BCUT2D eigenvalue weighted by Gasteiger charge is -2.68. The molecule has 4 saturated carbocycles. The van der Waals surface area contributed by atoms with Crippen molar-refractivity contribution in [3.63, 3.8) is 0 Å². The van der Waals surface area contributed by atoms with Crippen LogP contribution in [0, 0.1) is 45.8 Å². The number of hydrogen-bond acceptors (Lipinski definition) is 4. The highest BCUT2D eigenvalue weighted by Crippen LogP contribution is 2.72. The van der Waals surface area contributed by atoms with Crippen molar-refractivity contribution < 1.29 is 19.8 Å². The molecule has 1 aromatic rings. The van der Waals surface area contributed by atoms with Gasteiger partial charge in [0.1, 0.15) is 0 Å². The van der Waals surface area contributed by atoms with Crippen LogP contribution in [0.3, 0.4) is 0 Å². The highest BCUT2D eigenvalue weighted by Gasteiger charge is 2.65. The molecule has 0 aromatic heterocycles. The van der Waals surface area contributed by atoms with Crippen molar-refractivity contribution in [2.75, 3.05) is 19.6 Å². The molecule has 5 aliphatic rings. The fraction of sp³-hybridized carbons (Fsp3) is 0.730. The van der Waals surface area contributed by atoms with Gasteiger partial charge in [0.05, 0.1) is 12.0 Å². The molecule has 0 radical (unpaired) electrons. The molecule has 6 nitrogen and oxygen atoms in total. The van der Waals surface area contributed by atoms with E-state index in [1.165, 1.54) is 68.9 Å². The van der Waals surface area contributed by atoms with E-state index < -0.39 is 11.9 Å². The van der Waals surface area contributed by atoms with Gasteiger partial charge in [-0.25, -0.2) is 4.79 Å². The van der Waals surface area contributed by atoms with Crippen LogP contribution < -0.4 is 10.6 Å². The lowest BCUT2D eigenvalue weighted by molar-refractivity contribution is -0.172. The minimum Gasteiger partial charge on any atom is -0.481 e. The summed E-state index contributed by atoms with van der Waals surface area (Å²) in [4.78, 5) is 22.3. The Bertz CT molecular complexity index is 1260. The van der Waals surface area contributed by atoms with E-state index in [2.05, 4.69) is 44.4 Å². The number of carboxylic acid groups (broad SMARTS) is 2. The Morgan fingerprint density at radius 1 is 0.814 bits per heavy atom. The third kappa shape index (κ3) is 5.09. The average molecular weight is 591 g/mol. The number of aliphatic carboxylic acids is 1. The molecule has 0 amide bonds. The maximum Gasteiger partial charge on any atom is 0.335 e. The number of rotatable bonds is 9. The summed E-state index contributed by atoms with van der Waals surface area (Å²) in [6.45, 7) is 12.5. The molecule has 0 spiro atoms. The van der Waals surface area contributed by atoms with Gasteiger partial charge in [-0.2, -0.15) is 0 Å². The SMILES string of the molecule is CC1(C)C(c2ccc(C(=O)O)cc2)=CC[C@@]2(C)C1CCC1(C)C3CC[C@@]4(NCCNCCC(=O)O)CCCC4[C@H]3CCC12. The Labute approximate surface area is 258 Å². The zero-order valence-electron chi connectivity index (χ0n) is 26.9. The second-order valence-electron chi connectivity index (χ2n) is 15.9. The molecule has 4 N–H and O–H groups in total. The summed E-state index contributed by atoms with van der Waals surface area (Å²) in [5.74, 6) is 2.17. The number of carboxylic acids is 2. The number of aromatic carboxylic acids is 1. The Balaban J connectivity index is 1.19. The van der Waals surface area contributed by atoms with Crippen LogP contribution in [0.1, 0.15) is 114 Å². The molecular formula is C37H54N2O4. The molecule has 43 heavy (non-hydrogen) atoms. The monoisotopic (exact) mass is 590 g/mol. The summed E-state index contributed by atoms with van der Waals surface area (Å²) in [5.41, 5.74) is 3.95. The maximum atomic E-state index is 11.5. The van der Waals surface area contributed by atoms with Crippen LogP contribution in [0.15, 0.2) is 30.3 Å². The van der Waals surface area contributed by atoms with Crippen molar-refractivity contribution in [2.45, 2.75) is 104 Å². The zero-order chi connectivity index (χ0) is 30.6. The Morgan fingerprint density at radius 2 is 1.58 bits per heavy atom. The molecule has 0 aliphatic heterocycles. The van der Waals surface area contributed by atoms with Gasteiger partial charge in [-0.15, -0.1) is 0 Å². The van der Waals surface area contributed by atoms with Gasteiger partial charge >= 0.3 is 11.9 Å². The first-order chi connectivity index (χ1) is 20.4. The van der Waals surface area contributed by atoms with Gasteiger partial charge in [-0.3, -0.25) is 4.79 Å². The van der Waals surface area contributed by atoms with E-state index in [0.29, 0.717) is 23.4 Å². The summed E-state index contributed by atoms with van der Waals surface area (Å²) >= 11 is 0. The molecule has 1 aromatic carbocycles. The van der Waals surface area contributed by atoms with E-state index >= 15 is 0 Å². The first kappa shape index (κ1) is 30.8. The minimum atomic E-state index is -0.864. The zero-order valence-corrected chi connectivity index (χ0v) is 26.9. The van der Waals surface area contributed by atoms with Crippen molar-refractivity contribution in [2.24, 2.45) is 45.8 Å². The third-order valence-electron chi connectivity index (χ3n) is 13.8. The van der Waals surface area contributed by atoms with Crippen LogP contribution in [0.2, 0.25) is 0 Å². The second kappa shape index (κ2) is 11.3. The van der Waals surface area contributed by atoms with Crippen molar-refractivity contribution >= 4 is 17.5 Å². The fourth-order valence-corrected chi connectivity index (χ4v) is 12.1. The fourth-order valence-electron chi connectivity index (χ4n) is 12.1. The van der Waals surface area contributed by atoms with Crippen LogP contribution in [-0.2, 0) is 4.79 Å². The van der Waals surface area contributed by atoms with Crippen molar-refractivity contribution in [3.05, 3.63) is 41.5 Å². The van der Waals surface area contributed by atoms with E-state index in [0.717, 1.165) is 43.2 Å². The molecule has 6 heteroatoms. The van der Waals surface area contributed by atoms with Crippen molar-refractivity contribution in [3.8, 4) is 0 Å². The molecule has 0 saturated heterocycles. The van der Waals surface area contributed by atoms with Gasteiger partial charge in [-0.05, 0) is 127 Å². The molecule has 5 unspecified atom stereocenters. The molecule has 0 heterocycles. The van der Waals surface area contributed by atoms with E-state index in [-0.39, 0.29) is 22.8 Å². The third-order valence-corrected chi connectivity index (χ3v) is 13.8. The molecule has 5 aliphatic carbocycles. The number of carbonyl (C=O) groups is 2. The second-order valence-corrected chi connectivity index (χ2v) is 15.9. The van der Waals surface area contributed by atoms with Crippen LogP contribution >= 0.6 is 0 Å². The van der Waals surface area contributed by atoms with Gasteiger partial charge in [0.15, 0.2) is 0 Å². The quantitative estimate of drug-likeness (QED) is 0.226.